The zero-order chi connectivity index (χ0) is 20.2. The van der Waals surface area contributed by atoms with E-state index in [0.29, 0.717) is 0 Å². The molecule has 0 rings (SSSR count). The molecule has 0 spiro atoms. The van der Waals surface area contributed by atoms with E-state index in [0.717, 1.165) is 0 Å². The van der Waals surface area contributed by atoms with Crippen molar-refractivity contribution in [2.24, 2.45) is 0 Å². The summed E-state index contributed by atoms with van der Waals surface area (Å²) >= 11 is 0. The van der Waals surface area contributed by atoms with Crippen LogP contribution in [0.1, 0.15) is 6.92 Å². The number of alkyl halides is 3. The minimum atomic E-state index is -5.35. The number of esters is 1. The van der Waals surface area contributed by atoms with E-state index in [2.05, 4.69) is 37.0 Å². The lowest BCUT2D eigenvalue weighted by Crippen LogP contribution is -2.44. The first kappa shape index (κ1) is 24.3. The van der Waals surface area contributed by atoms with Crippen molar-refractivity contribution in [2.45, 2.75) is 13.1 Å². The van der Waals surface area contributed by atoms with Crippen molar-refractivity contribution in [2.75, 3.05) is 32.7 Å². The molecule has 0 aliphatic carbocycles. The summed E-state index contributed by atoms with van der Waals surface area (Å²) in [6, 6.07) is 0. The average Bonchev–Trinajstić information content (AvgIpc) is 2.53. The van der Waals surface area contributed by atoms with Crippen LogP contribution < -0.4 is 0 Å². The Hall–Kier alpha value is -1.72. The van der Waals surface area contributed by atoms with Gasteiger partial charge in [-0.25, -0.2) is 9.78 Å². The summed E-state index contributed by atoms with van der Waals surface area (Å²) in [4.78, 5) is 31.7. The van der Waals surface area contributed by atoms with Crippen molar-refractivity contribution in [1.29, 1.82) is 0 Å². The van der Waals surface area contributed by atoms with Crippen LogP contribution in [0.25, 0.3) is 0 Å². The standard InChI is InChI=1S/C13H19F3NO8P/c1-4-7-22-24-26(20,25-23-8-5-2)10-17(9-11(18)21-6-3)12(19)13(14,15)16/h4-5H,1-2,6-10H2,3H3. The lowest BCUT2D eigenvalue weighted by atomic mass is 10.5. The summed E-state index contributed by atoms with van der Waals surface area (Å²) in [6.07, 6.45) is -4.27. The predicted octanol–water partition coefficient (Wildman–Crippen LogP) is 2.36. The summed E-state index contributed by atoms with van der Waals surface area (Å²) in [5.41, 5.74) is 0. The van der Waals surface area contributed by atoms with E-state index in [4.69, 9.17) is 0 Å². The third-order valence-corrected chi connectivity index (χ3v) is 3.56. The largest absolute Gasteiger partial charge is 0.471 e. The average molecular weight is 405 g/mol. The van der Waals surface area contributed by atoms with Gasteiger partial charge >= 0.3 is 25.6 Å². The predicted molar refractivity (Wildman–Crippen MR) is 81.3 cm³/mol. The lowest BCUT2D eigenvalue weighted by Gasteiger charge is -2.25. The van der Waals surface area contributed by atoms with E-state index in [1.807, 2.05) is 0 Å². The fraction of sp³-hybridized carbons (Fsp3) is 0.538. The highest BCUT2D eigenvalue weighted by molar-refractivity contribution is 7.53. The smallest absolute Gasteiger partial charge is 0.465 e. The highest BCUT2D eigenvalue weighted by Crippen LogP contribution is 2.49. The van der Waals surface area contributed by atoms with Gasteiger partial charge in [0, 0.05) is 0 Å². The van der Waals surface area contributed by atoms with Gasteiger partial charge in [-0.05, 0) is 6.92 Å². The van der Waals surface area contributed by atoms with Crippen molar-refractivity contribution in [3.63, 3.8) is 0 Å². The number of ether oxygens (including phenoxy) is 1. The van der Waals surface area contributed by atoms with Crippen molar-refractivity contribution in [3.05, 3.63) is 25.3 Å². The van der Waals surface area contributed by atoms with Gasteiger partial charge in [-0.15, -0.1) is 22.5 Å². The molecule has 0 atom stereocenters. The molecule has 0 aliphatic rings. The number of rotatable bonds is 13. The maximum atomic E-state index is 12.7. The van der Waals surface area contributed by atoms with E-state index >= 15 is 0 Å². The number of hydrogen-bond donors (Lipinski definition) is 0. The van der Waals surface area contributed by atoms with Gasteiger partial charge in [-0.1, -0.05) is 12.2 Å². The fourth-order valence-corrected chi connectivity index (χ4v) is 2.52. The molecule has 0 aromatic heterocycles. The number of carbonyl (C=O) groups is 2. The number of nitrogens with zero attached hydrogens (tertiary/aromatic N) is 1. The molecule has 0 aromatic rings. The van der Waals surface area contributed by atoms with Gasteiger partial charge < -0.3 is 9.64 Å². The Kier molecular flexibility index (Phi) is 11.0. The van der Waals surface area contributed by atoms with Crippen LogP contribution in [0.3, 0.4) is 0 Å². The summed E-state index contributed by atoms with van der Waals surface area (Å²) in [5, 5.41) is 0. The summed E-state index contributed by atoms with van der Waals surface area (Å²) in [5.74, 6) is -3.61. The second-order valence-electron chi connectivity index (χ2n) is 4.35. The molecule has 0 heterocycles. The molecule has 150 valence electrons. The number of halogens is 3. The van der Waals surface area contributed by atoms with Crippen LogP contribution >= 0.6 is 7.60 Å². The highest BCUT2D eigenvalue weighted by atomic mass is 31.2. The molecular weight excluding hydrogens is 386 g/mol. The molecule has 0 fully saturated rings. The zero-order valence-electron chi connectivity index (χ0n) is 13.9. The van der Waals surface area contributed by atoms with E-state index in [-0.39, 0.29) is 24.7 Å². The molecule has 13 heteroatoms. The van der Waals surface area contributed by atoms with Crippen LogP contribution in [-0.2, 0) is 38.0 Å². The van der Waals surface area contributed by atoms with Crippen molar-refractivity contribution in [3.8, 4) is 0 Å². The van der Waals surface area contributed by atoms with Crippen LogP contribution in [0.15, 0.2) is 25.3 Å². The van der Waals surface area contributed by atoms with Crippen LogP contribution in [0.4, 0.5) is 13.2 Å². The van der Waals surface area contributed by atoms with Crippen LogP contribution in [-0.4, -0.2) is 55.6 Å². The van der Waals surface area contributed by atoms with E-state index in [1.54, 1.807) is 0 Å². The van der Waals surface area contributed by atoms with Crippen molar-refractivity contribution >= 4 is 19.5 Å². The minimum Gasteiger partial charge on any atom is -0.465 e. The Morgan fingerprint density at radius 1 is 1.12 bits per heavy atom. The molecule has 26 heavy (non-hydrogen) atoms. The van der Waals surface area contributed by atoms with Gasteiger partial charge in [0.1, 0.15) is 26.0 Å². The summed E-state index contributed by atoms with van der Waals surface area (Å²) in [6.45, 7) is 6.11. The number of hydrogen-bond acceptors (Lipinski definition) is 8. The third-order valence-electron chi connectivity index (χ3n) is 2.20. The quantitative estimate of drug-likeness (QED) is 0.115. The number of carbonyl (C=O) groups excluding carboxylic acids is 2. The molecule has 0 N–H and O–H groups in total. The van der Waals surface area contributed by atoms with E-state index < -0.39 is 38.5 Å². The first-order valence-corrected chi connectivity index (χ1v) is 8.77. The Morgan fingerprint density at radius 3 is 2.00 bits per heavy atom. The molecule has 0 aromatic carbocycles. The van der Waals surface area contributed by atoms with Crippen LogP contribution in [0.2, 0.25) is 0 Å². The van der Waals surface area contributed by atoms with Crippen LogP contribution in [0.5, 0.6) is 0 Å². The maximum Gasteiger partial charge on any atom is 0.471 e. The van der Waals surface area contributed by atoms with Crippen LogP contribution in [0, 0.1) is 0 Å². The second kappa shape index (κ2) is 11.8. The fourth-order valence-electron chi connectivity index (χ4n) is 1.31. The van der Waals surface area contributed by atoms with Crippen molar-refractivity contribution < 1.29 is 51.2 Å². The number of amides is 1. The van der Waals surface area contributed by atoms with Crippen molar-refractivity contribution in [1.82, 2.24) is 4.90 Å². The molecule has 0 radical (unpaired) electrons. The minimum absolute atomic E-state index is 0.104. The highest BCUT2D eigenvalue weighted by Gasteiger charge is 2.46. The van der Waals surface area contributed by atoms with Gasteiger partial charge in [-0.3, -0.25) is 14.2 Å². The molecule has 0 unspecified atom stereocenters. The first-order valence-electron chi connectivity index (χ1n) is 7.04. The lowest BCUT2D eigenvalue weighted by molar-refractivity contribution is -0.259. The Morgan fingerprint density at radius 2 is 1.62 bits per heavy atom. The molecular formula is C13H19F3NO8P. The van der Waals surface area contributed by atoms with Gasteiger partial charge in [0.15, 0.2) is 0 Å². The van der Waals surface area contributed by atoms with Gasteiger partial charge in [0.25, 0.3) is 0 Å². The van der Waals surface area contributed by atoms with E-state index in [9.17, 15) is 27.3 Å². The summed E-state index contributed by atoms with van der Waals surface area (Å²) < 4.78 is 64.0. The van der Waals surface area contributed by atoms with Gasteiger partial charge in [0.2, 0.25) is 0 Å². The molecule has 9 nitrogen and oxygen atoms in total. The monoisotopic (exact) mass is 405 g/mol. The maximum absolute atomic E-state index is 12.7. The molecule has 0 saturated carbocycles. The molecule has 0 saturated heterocycles. The zero-order valence-corrected chi connectivity index (χ0v) is 14.8. The Labute approximate surface area is 147 Å². The third kappa shape index (κ3) is 9.68. The second-order valence-corrected chi connectivity index (χ2v) is 6.16. The SMILES string of the molecule is C=CCOOP(=O)(CN(CC(=O)OCC)C(=O)C(F)(F)F)OOCC=C. The van der Waals surface area contributed by atoms with Gasteiger partial charge in [-0.2, -0.15) is 13.2 Å². The van der Waals surface area contributed by atoms with E-state index in [1.165, 1.54) is 19.1 Å². The molecule has 1 amide bonds. The molecule has 0 aliphatic heterocycles. The molecule has 0 bridgehead atoms. The summed E-state index contributed by atoms with van der Waals surface area (Å²) in [7, 11) is -4.58. The topological polar surface area (TPSA) is 101 Å². The van der Waals surface area contributed by atoms with Gasteiger partial charge in [0.05, 0.1) is 6.61 Å². The normalized spacial score (nSPS) is 11.7. The first-order chi connectivity index (χ1) is 12.1. The Balaban J connectivity index is 5.38. The Bertz CT molecular complexity index is 522.